The topological polar surface area (TPSA) is 62.2 Å². The van der Waals surface area contributed by atoms with Crippen molar-refractivity contribution < 1.29 is 9.90 Å². The summed E-state index contributed by atoms with van der Waals surface area (Å²) in [5, 5.41) is 13.8. The van der Waals surface area contributed by atoms with Crippen molar-refractivity contribution in [3.63, 3.8) is 0 Å². The third kappa shape index (κ3) is 2.66. The Morgan fingerprint density at radius 3 is 2.76 bits per heavy atom. The maximum atomic E-state index is 12.2. The molecule has 21 heavy (non-hydrogen) atoms. The van der Waals surface area contributed by atoms with Crippen LogP contribution in [0, 0.1) is 0 Å². The van der Waals surface area contributed by atoms with E-state index in [0.29, 0.717) is 16.2 Å². The quantitative estimate of drug-likeness (QED) is 0.755. The van der Waals surface area contributed by atoms with E-state index >= 15 is 0 Å². The number of phenolic OH excluding ortho intramolecular Hbond substituents is 1. The number of para-hydroxylation sites is 1. The Morgan fingerprint density at radius 1 is 1.14 bits per heavy atom. The Hall–Kier alpha value is -2.59. The molecule has 0 aliphatic heterocycles. The second-order valence-electron chi connectivity index (χ2n) is 4.50. The molecule has 3 rings (SSSR count). The fourth-order valence-corrected chi connectivity index (χ4v) is 2.26. The Balaban J connectivity index is 1.97. The molecule has 0 saturated carbocycles. The number of hydrogen-bond acceptors (Lipinski definition) is 3. The van der Waals surface area contributed by atoms with Gasteiger partial charge in [-0.05, 0) is 30.3 Å². The molecule has 1 aromatic heterocycles. The Bertz CT molecular complexity index is 828. The number of anilines is 1. The first-order valence-electron chi connectivity index (χ1n) is 6.29. The van der Waals surface area contributed by atoms with E-state index in [0.717, 1.165) is 5.39 Å². The molecule has 2 N–H and O–H groups in total. The standard InChI is InChI=1S/C16H11ClN2O2/c17-11-6-7-12(14(20)9-11)16(21)19-13-5-1-3-10-4-2-8-18-15(10)13/h1-9,20H,(H,19,21). The molecule has 104 valence electrons. The van der Waals surface area contributed by atoms with Crippen LogP contribution in [-0.4, -0.2) is 16.0 Å². The lowest BCUT2D eigenvalue weighted by Gasteiger charge is -2.09. The molecule has 0 radical (unpaired) electrons. The van der Waals surface area contributed by atoms with E-state index in [2.05, 4.69) is 10.3 Å². The van der Waals surface area contributed by atoms with E-state index in [-0.39, 0.29) is 11.3 Å². The van der Waals surface area contributed by atoms with E-state index in [1.54, 1.807) is 18.3 Å². The number of carbonyl (C=O) groups excluding carboxylic acids is 1. The van der Waals surface area contributed by atoms with Gasteiger partial charge >= 0.3 is 0 Å². The lowest BCUT2D eigenvalue weighted by atomic mass is 10.1. The summed E-state index contributed by atoms with van der Waals surface area (Å²) in [6.45, 7) is 0. The number of nitrogens with zero attached hydrogens (tertiary/aromatic N) is 1. The predicted octanol–water partition coefficient (Wildman–Crippen LogP) is 3.85. The lowest BCUT2D eigenvalue weighted by molar-refractivity contribution is 0.102. The monoisotopic (exact) mass is 298 g/mol. The van der Waals surface area contributed by atoms with Crippen molar-refractivity contribution in [2.45, 2.75) is 0 Å². The first-order chi connectivity index (χ1) is 10.1. The van der Waals surface area contributed by atoms with Gasteiger partial charge in [-0.2, -0.15) is 0 Å². The van der Waals surface area contributed by atoms with Crippen LogP contribution in [0.15, 0.2) is 54.7 Å². The van der Waals surface area contributed by atoms with Crippen molar-refractivity contribution in [1.82, 2.24) is 4.98 Å². The number of aromatic nitrogens is 1. The Kier molecular flexibility index (Phi) is 3.46. The SMILES string of the molecule is O=C(Nc1cccc2cccnc12)c1ccc(Cl)cc1O. The zero-order valence-corrected chi connectivity index (χ0v) is 11.6. The predicted molar refractivity (Wildman–Crippen MR) is 82.8 cm³/mol. The molecule has 1 amide bonds. The smallest absolute Gasteiger partial charge is 0.259 e. The van der Waals surface area contributed by atoms with Gasteiger partial charge < -0.3 is 10.4 Å². The molecule has 5 heteroatoms. The molecule has 3 aromatic rings. The number of carbonyl (C=O) groups is 1. The molecular weight excluding hydrogens is 288 g/mol. The van der Waals surface area contributed by atoms with E-state index in [4.69, 9.17) is 11.6 Å². The molecule has 0 saturated heterocycles. The van der Waals surface area contributed by atoms with Crippen molar-refractivity contribution in [3.05, 3.63) is 65.3 Å². The number of rotatable bonds is 2. The molecule has 1 heterocycles. The van der Waals surface area contributed by atoms with Crippen LogP contribution in [0.4, 0.5) is 5.69 Å². The summed E-state index contributed by atoms with van der Waals surface area (Å²) < 4.78 is 0. The fourth-order valence-electron chi connectivity index (χ4n) is 2.09. The summed E-state index contributed by atoms with van der Waals surface area (Å²) in [4.78, 5) is 16.5. The highest BCUT2D eigenvalue weighted by Gasteiger charge is 2.13. The van der Waals surface area contributed by atoms with Gasteiger partial charge in [-0.3, -0.25) is 9.78 Å². The molecular formula is C16H11ClN2O2. The van der Waals surface area contributed by atoms with Gasteiger partial charge in [-0.15, -0.1) is 0 Å². The number of nitrogens with one attached hydrogen (secondary N) is 1. The normalized spacial score (nSPS) is 10.5. The van der Waals surface area contributed by atoms with Crippen LogP contribution < -0.4 is 5.32 Å². The maximum absolute atomic E-state index is 12.2. The molecule has 0 unspecified atom stereocenters. The van der Waals surface area contributed by atoms with Gasteiger partial charge in [0.15, 0.2) is 0 Å². The molecule has 4 nitrogen and oxygen atoms in total. The van der Waals surface area contributed by atoms with Gasteiger partial charge in [-0.25, -0.2) is 0 Å². The first-order valence-corrected chi connectivity index (χ1v) is 6.66. The Labute approximate surface area is 126 Å². The van der Waals surface area contributed by atoms with Gasteiger partial charge in [0.1, 0.15) is 5.75 Å². The number of fused-ring (bicyclic) bond motifs is 1. The largest absolute Gasteiger partial charge is 0.507 e. The van der Waals surface area contributed by atoms with E-state index in [1.165, 1.54) is 12.1 Å². The zero-order chi connectivity index (χ0) is 14.8. The number of phenols is 1. The van der Waals surface area contributed by atoms with Crippen LogP contribution in [-0.2, 0) is 0 Å². The summed E-state index contributed by atoms with van der Waals surface area (Å²) in [6.07, 6.45) is 1.66. The van der Waals surface area contributed by atoms with Gasteiger partial charge in [0.2, 0.25) is 0 Å². The summed E-state index contributed by atoms with van der Waals surface area (Å²) in [6, 6.07) is 13.6. The van der Waals surface area contributed by atoms with Crippen molar-refractivity contribution >= 4 is 34.1 Å². The highest BCUT2D eigenvalue weighted by atomic mass is 35.5. The average Bonchev–Trinajstić information content (AvgIpc) is 2.47. The number of hydrogen-bond donors (Lipinski definition) is 2. The second-order valence-corrected chi connectivity index (χ2v) is 4.93. The second kappa shape index (κ2) is 5.42. The molecule has 0 aliphatic rings. The summed E-state index contributed by atoms with van der Waals surface area (Å²) in [5.41, 5.74) is 1.45. The van der Waals surface area contributed by atoms with Crippen LogP contribution in [0.1, 0.15) is 10.4 Å². The molecule has 2 aromatic carbocycles. The minimum atomic E-state index is -0.415. The highest BCUT2D eigenvalue weighted by Crippen LogP contribution is 2.25. The number of amides is 1. The van der Waals surface area contributed by atoms with E-state index in [1.807, 2.05) is 24.3 Å². The fraction of sp³-hybridized carbons (Fsp3) is 0. The van der Waals surface area contributed by atoms with Gasteiger partial charge in [0, 0.05) is 16.6 Å². The van der Waals surface area contributed by atoms with Crippen LogP contribution in [0.2, 0.25) is 5.02 Å². The van der Waals surface area contributed by atoms with Crippen molar-refractivity contribution in [2.75, 3.05) is 5.32 Å². The maximum Gasteiger partial charge on any atom is 0.259 e. The third-order valence-corrected chi connectivity index (χ3v) is 3.32. The minimum absolute atomic E-state index is 0.159. The molecule has 0 aliphatic carbocycles. The van der Waals surface area contributed by atoms with Crippen LogP contribution in [0.3, 0.4) is 0 Å². The molecule has 0 bridgehead atoms. The van der Waals surface area contributed by atoms with Gasteiger partial charge in [0.25, 0.3) is 5.91 Å². The number of halogens is 1. The van der Waals surface area contributed by atoms with Crippen LogP contribution >= 0.6 is 11.6 Å². The van der Waals surface area contributed by atoms with E-state index < -0.39 is 5.91 Å². The summed E-state index contributed by atoms with van der Waals surface area (Å²) >= 11 is 5.76. The van der Waals surface area contributed by atoms with Crippen molar-refractivity contribution in [3.8, 4) is 5.75 Å². The third-order valence-electron chi connectivity index (χ3n) is 3.09. The summed E-state index contributed by atoms with van der Waals surface area (Å²) in [5.74, 6) is -0.574. The van der Waals surface area contributed by atoms with Gasteiger partial charge in [-0.1, -0.05) is 29.8 Å². The number of aromatic hydroxyl groups is 1. The van der Waals surface area contributed by atoms with Crippen molar-refractivity contribution in [1.29, 1.82) is 0 Å². The number of benzene rings is 2. The molecule has 0 atom stereocenters. The Morgan fingerprint density at radius 2 is 1.95 bits per heavy atom. The first kappa shape index (κ1) is 13.4. The molecule has 0 fully saturated rings. The van der Waals surface area contributed by atoms with Crippen LogP contribution in [0.5, 0.6) is 5.75 Å². The highest BCUT2D eigenvalue weighted by molar-refractivity contribution is 6.31. The van der Waals surface area contributed by atoms with E-state index in [9.17, 15) is 9.90 Å². The zero-order valence-electron chi connectivity index (χ0n) is 10.9. The average molecular weight is 299 g/mol. The molecule has 0 spiro atoms. The minimum Gasteiger partial charge on any atom is -0.507 e. The summed E-state index contributed by atoms with van der Waals surface area (Å²) in [7, 11) is 0. The van der Waals surface area contributed by atoms with Gasteiger partial charge in [0.05, 0.1) is 16.8 Å². The van der Waals surface area contributed by atoms with Crippen LogP contribution in [0.25, 0.3) is 10.9 Å². The lowest BCUT2D eigenvalue weighted by Crippen LogP contribution is -2.12. The van der Waals surface area contributed by atoms with Crippen molar-refractivity contribution in [2.24, 2.45) is 0 Å². The number of pyridine rings is 1.